The van der Waals surface area contributed by atoms with E-state index in [1.165, 1.54) is 12.1 Å². The zero-order valence-electron chi connectivity index (χ0n) is 17.6. The van der Waals surface area contributed by atoms with E-state index < -0.39 is 82.4 Å². The van der Waals surface area contributed by atoms with Crippen molar-refractivity contribution in [3.05, 3.63) is 64.2 Å². The molecule has 1 saturated heterocycles. The monoisotopic (exact) mass is 520 g/mol. The molecular weight excluding hydrogens is 507 g/mol. The number of alkyl halides is 9. The molecule has 3 rings (SSSR count). The summed E-state index contributed by atoms with van der Waals surface area (Å²) in [5.74, 6) is -2.82. The van der Waals surface area contributed by atoms with Crippen LogP contribution in [0, 0.1) is 22.7 Å². The zero-order chi connectivity index (χ0) is 27.1. The lowest BCUT2D eigenvalue weighted by Gasteiger charge is -2.23. The van der Waals surface area contributed by atoms with Crippen LogP contribution in [0.25, 0.3) is 0 Å². The number of nitrogens with zero attached hydrogens (tertiary/aromatic N) is 2. The Kier molecular flexibility index (Phi) is 6.97. The van der Waals surface area contributed by atoms with Crippen molar-refractivity contribution in [1.82, 2.24) is 5.32 Å². The lowest BCUT2D eigenvalue weighted by molar-refractivity contribution is -0.156. The van der Waals surface area contributed by atoms with Crippen LogP contribution in [0.3, 0.4) is 0 Å². The molecular formula is C22H13F9N4O. The maximum absolute atomic E-state index is 13.7. The van der Waals surface area contributed by atoms with Gasteiger partial charge in [0.25, 0.3) is 0 Å². The number of hydrogen-bond acceptors (Lipinski definition) is 4. The van der Waals surface area contributed by atoms with Crippen molar-refractivity contribution in [3.63, 3.8) is 0 Å². The maximum atomic E-state index is 13.7. The molecule has 1 heterocycles. The molecule has 0 saturated carbocycles. The van der Waals surface area contributed by atoms with Crippen LogP contribution in [0.5, 0.6) is 0 Å². The van der Waals surface area contributed by atoms with Gasteiger partial charge >= 0.3 is 18.5 Å². The Bertz CT molecular complexity index is 1250. The molecule has 1 aliphatic rings. The van der Waals surface area contributed by atoms with Gasteiger partial charge in [0.1, 0.15) is 6.04 Å². The molecule has 0 aliphatic carbocycles. The average Bonchev–Trinajstić information content (AvgIpc) is 3.24. The van der Waals surface area contributed by atoms with E-state index in [-0.39, 0.29) is 0 Å². The highest BCUT2D eigenvalue weighted by Gasteiger charge is 2.52. The fraction of sp³-hybridized carbons (Fsp3) is 0.318. The van der Waals surface area contributed by atoms with E-state index in [1.54, 1.807) is 0 Å². The highest BCUT2D eigenvalue weighted by atomic mass is 19.4. The average molecular weight is 520 g/mol. The van der Waals surface area contributed by atoms with Crippen LogP contribution < -0.4 is 10.6 Å². The summed E-state index contributed by atoms with van der Waals surface area (Å²) in [6.45, 7) is 0. The second-order valence-electron chi connectivity index (χ2n) is 7.85. The Hall–Kier alpha value is -3.78. The molecule has 2 N–H and O–H groups in total. The number of benzene rings is 2. The number of carbonyl (C=O) groups is 1. The molecule has 0 radical (unpaired) electrons. The van der Waals surface area contributed by atoms with Crippen molar-refractivity contribution in [2.24, 2.45) is 0 Å². The molecule has 36 heavy (non-hydrogen) atoms. The number of hydrogen-bond donors (Lipinski definition) is 2. The summed E-state index contributed by atoms with van der Waals surface area (Å²) < 4.78 is 120. The highest BCUT2D eigenvalue weighted by molar-refractivity contribution is 5.95. The van der Waals surface area contributed by atoms with Crippen molar-refractivity contribution in [2.45, 2.75) is 43.0 Å². The first-order valence-electron chi connectivity index (χ1n) is 9.92. The minimum absolute atomic E-state index is 0.417. The molecule has 1 unspecified atom stereocenters. The van der Waals surface area contributed by atoms with Gasteiger partial charge < -0.3 is 5.32 Å². The number of anilines is 1. The summed E-state index contributed by atoms with van der Waals surface area (Å²) in [4.78, 5) is 12.6. The number of carbonyl (C=O) groups excluding carboxylic acids is 1. The Labute approximate surface area is 197 Å². The standard InChI is InChI=1S/C22H13F9N4O/c23-20(24,25)15-5-10(1-2-11(15)8-32)14-7-17(35-18(14)22(29,30)31)19(36)34-13-4-3-12(9-33)16(6-13)21(26,27)28/h1-6,14,17-18,35H,7H2,(H,34,36)/t14?,17-,18+/m0/s1. The lowest BCUT2D eigenvalue weighted by Crippen LogP contribution is -2.46. The molecule has 5 nitrogen and oxygen atoms in total. The highest BCUT2D eigenvalue weighted by Crippen LogP contribution is 2.42. The predicted molar refractivity (Wildman–Crippen MR) is 105 cm³/mol. The van der Waals surface area contributed by atoms with Crippen molar-refractivity contribution in [2.75, 3.05) is 5.32 Å². The first-order valence-corrected chi connectivity index (χ1v) is 9.92. The van der Waals surface area contributed by atoms with Crippen molar-refractivity contribution < 1.29 is 44.3 Å². The van der Waals surface area contributed by atoms with Gasteiger partial charge in [0.2, 0.25) is 5.91 Å². The second kappa shape index (κ2) is 9.35. The number of nitriles is 2. The fourth-order valence-electron chi connectivity index (χ4n) is 3.93. The summed E-state index contributed by atoms with van der Waals surface area (Å²) in [5.41, 5.74) is -5.21. The van der Waals surface area contributed by atoms with Gasteiger partial charge in [-0.1, -0.05) is 6.07 Å². The quantitative estimate of drug-likeness (QED) is 0.525. The van der Waals surface area contributed by atoms with E-state index in [0.29, 0.717) is 12.1 Å². The number of halogens is 9. The third-order valence-electron chi connectivity index (χ3n) is 5.55. The van der Waals surface area contributed by atoms with Gasteiger partial charge in [-0.3, -0.25) is 10.1 Å². The number of amides is 1. The Morgan fingerprint density at radius 2 is 1.39 bits per heavy atom. The molecule has 2 aromatic rings. The molecule has 0 aromatic heterocycles. The van der Waals surface area contributed by atoms with E-state index in [0.717, 1.165) is 24.3 Å². The minimum Gasteiger partial charge on any atom is -0.325 e. The zero-order valence-corrected chi connectivity index (χ0v) is 17.6. The molecule has 190 valence electrons. The molecule has 3 atom stereocenters. The summed E-state index contributed by atoms with van der Waals surface area (Å²) in [5, 5.41) is 21.8. The summed E-state index contributed by atoms with van der Waals surface area (Å²) in [6.07, 6.45) is -15.6. The van der Waals surface area contributed by atoms with Gasteiger partial charge in [-0.2, -0.15) is 50.0 Å². The predicted octanol–water partition coefficient (Wildman–Crippen LogP) is 5.48. The molecule has 14 heteroatoms. The normalized spacial score (nSPS) is 20.5. The van der Waals surface area contributed by atoms with E-state index in [9.17, 15) is 44.3 Å². The van der Waals surface area contributed by atoms with Crippen molar-refractivity contribution in [3.8, 4) is 12.1 Å². The Balaban J connectivity index is 1.91. The van der Waals surface area contributed by atoms with Crippen LogP contribution in [0.15, 0.2) is 36.4 Å². The molecule has 1 fully saturated rings. The van der Waals surface area contributed by atoms with Gasteiger partial charge in [-0.15, -0.1) is 0 Å². The van der Waals surface area contributed by atoms with Gasteiger partial charge in [-0.25, -0.2) is 0 Å². The number of nitrogens with one attached hydrogen (secondary N) is 2. The Morgan fingerprint density at radius 3 is 1.89 bits per heavy atom. The first kappa shape index (κ1) is 26.8. The lowest BCUT2D eigenvalue weighted by atomic mass is 9.88. The van der Waals surface area contributed by atoms with Crippen LogP contribution >= 0.6 is 0 Å². The third kappa shape index (κ3) is 5.54. The van der Waals surface area contributed by atoms with Gasteiger partial charge in [-0.05, 0) is 42.3 Å². The van der Waals surface area contributed by atoms with Crippen LogP contribution in [0.1, 0.15) is 40.2 Å². The molecule has 0 spiro atoms. The van der Waals surface area contributed by atoms with Gasteiger partial charge in [0.05, 0.1) is 40.4 Å². The number of rotatable bonds is 3. The van der Waals surface area contributed by atoms with Crippen LogP contribution in [-0.2, 0) is 17.1 Å². The summed E-state index contributed by atoms with van der Waals surface area (Å²) >= 11 is 0. The van der Waals surface area contributed by atoms with E-state index in [1.807, 2.05) is 10.6 Å². The Morgan fingerprint density at radius 1 is 0.861 bits per heavy atom. The SMILES string of the molecule is N#Cc1ccc(NC(=O)[C@@H]2CC(c3ccc(C#N)c(C(F)(F)F)c3)[C@H](C(F)(F)F)N2)cc1C(F)(F)F. The van der Waals surface area contributed by atoms with Crippen LogP contribution in [0.4, 0.5) is 45.2 Å². The van der Waals surface area contributed by atoms with Crippen molar-refractivity contribution >= 4 is 11.6 Å². The smallest absolute Gasteiger partial charge is 0.325 e. The van der Waals surface area contributed by atoms with Gasteiger partial charge in [0, 0.05) is 11.6 Å². The fourth-order valence-corrected chi connectivity index (χ4v) is 3.93. The third-order valence-corrected chi connectivity index (χ3v) is 5.55. The van der Waals surface area contributed by atoms with E-state index in [2.05, 4.69) is 0 Å². The molecule has 1 amide bonds. The largest absolute Gasteiger partial charge is 0.417 e. The van der Waals surface area contributed by atoms with E-state index in [4.69, 9.17) is 10.5 Å². The molecule has 1 aliphatic heterocycles. The van der Waals surface area contributed by atoms with Gasteiger partial charge in [0.15, 0.2) is 0 Å². The van der Waals surface area contributed by atoms with Crippen LogP contribution in [0.2, 0.25) is 0 Å². The molecule has 0 bridgehead atoms. The summed E-state index contributed by atoms with van der Waals surface area (Å²) in [7, 11) is 0. The van der Waals surface area contributed by atoms with Crippen molar-refractivity contribution in [1.29, 1.82) is 10.5 Å². The summed E-state index contributed by atoms with van der Waals surface area (Å²) in [6, 6.07) is 2.82. The minimum atomic E-state index is -5.02. The first-order chi connectivity index (χ1) is 16.6. The van der Waals surface area contributed by atoms with Crippen LogP contribution in [-0.4, -0.2) is 24.2 Å². The maximum Gasteiger partial charge on any atom is 0.417 e. The topological polar surface area (TPSA) is 88.7 Å². The molecule has 2 aromatic carbocycles. The van der Waals surface area contributed by atoms with E-state index >= 15 is 0 Å². The second-order valence-corrected chi connectivity index (χ2v) is 7.85.